The third kappa shape index (κ3) is 7.21. The van der Waals surface area contributed by atoms with Crippen LogP contribution < -0.4 is 10.6 Å². The Morgan fingerprint density at radius 2 is 1.89 bits per heavy atom. The van der Waals surface area contributed by atoms with Gasteiger partial charge in [-0.15, -0.1) is 10.2 Å². The highest BCUT2D eigenvalue weighted by Gasteiger charge is 2.25. The van der Waals surface area contributed by atoms with Crippen LogP contribution in [0.15, 0.2) is 41.6 Å². The summed E-state index contributed by atoms with van der Waals surface area (Å²) in [5.41, 5.74) is 1.51. The van der Waals surface area contributed by atoms with Crippen LogP contribution in [-0.4, -0.2) is 32.3 Å². The molecule has 2 aromatic carbocycles. The van der Waals surface area contributed by atoms with Gasteiger partial charge >= 0.3 is 0 Å². The number of nitrogens with one attached hydrogen (secondary N) is 2. The fourth-order valence-electron chi connectivity index (χ4n) is 3.62. The highest BCUT2D eigenvalue weighted by Crippen LogP contribution is 2.27. The lowest BCUT2D eigenvalue weighted by molar-refractivity contribution is -0.113. The first-order chi connectivity index (χ1) is 17.1. The molecule has 3 rings (SSSR count). The minimum atomic E-state index is -0.421. The first-order valence-corrected chi connectivity index (χ1v) is 13.2. The largest absolute Gasteiger partial charge is 0.342 e. The fraction of sp³-hybridized carbons (Fsp3) is 0.360. The minimum Gasteiger partial charge on any atom is -0.342 e. The van der Waals surface area contributed by atoms with Crippen molar-refractivity contribution in [2.24, 2.45) is 5.92 Å². The normalized spacial score (nSPS) is 12.0. The van der Waals surface area contributed by atoms with Crippen LogP contribution >= 0.6 is 35.0 Å². The van der Waals surface area contributed by atoms with Crippen molar-refractivity contribution in [1.82, 2.24) is 20.1 Å². The third-order valence-electron chi connectivity index (χ3n) is 5.37. The molecule has 7 nitrogen and oxygen atoms in total. The highest BCUT2D eigenvalue weighted by molar-refractivity contribution is 7.99. The van der Waals surface area contributed by atoms with E-state index in [4.69, 9.17) is 23.2 Å². The molecule has 0 aliphatic rings. The minimum absolute atomic E-state index is 0.0652. The zero-order valence-corrected chi connectivity index (χ0v) is 22.8. The number of thioether (sulfide) groups is 1. The van der Waals surface area contributed by atoms with E-state index in [9.17, 15) is 14.0 Å². The van der Waals surface area contributed by atoms with Gasteiger partial charge in [-0.25, -0.2) is 4.39 Å². The van der Waals surface area contributed by atoms with Crippen LogP contribution in [0.3, 0.4) is 0 Å². The van der Waals surface area contributed by atoms with Gasteiger partial charge < -0.3 is 15.2 Å². The van der Waals surface area contributed by atoms with Crippen molar-refractivity contribution in [3.05, 3.63) is 69.2 Å². The zero-order valence-electron chi connectivity index (χ0n) is 20.4. The van der Waals surface area contributed by atoms with E-state index in [1.807, 2.05) is 11.5 Å². The lowest BCUT2D eigenvalue weighted by Crippen LogP contribution is -2.32. The second-order valence-electron chi connectivity index (χ2n) is 8.66. The number of hydrogen-bond donors (Lipinski definition) is 2. The fourth-order valence-corrected chi connectivity index (χ4v) is 4.92. The summed E-state index contributed by atoms with van der Waals surface area (Å²) in [5.74, 6) is -0.132. The molecule has 3 aromatic rings. The molecule has 0 unspecified atom stereocenters. The van der Waals surface area contributed by atoms with Gasteiger partial charge in [-0.1, -0.05) is 54.9 Å². The second-order valence-corrected chi connectivity index (χ2v) is 10.4. The van der Waals surface area contributed by atoms with E-state index in [0.29, 0.717) is 40.2 Å². The summed E-state index contributed by atoms with van der Waals surface area (Å²) in [7, 11) is 0. The standard InChI is InChI=1S/C25H28Cl2FN5O2S/c1-5-33-23(21(10-14(2)3)30-24(35)18-9-7-16(26)11-19(18)27)31-32-25(33)36-13-22(34)29-20-12-17(28)8-6-15(20)4/h6-9,11-12,14,21H,5,10,13H2,1-4H3,(H,29,34)(H,30,35)/t21-/m1/s1. The molecule has 1 heterocycles. The smallest absolute Gasteiger partial charge is 0.253 e. The summed E-state index contributed by atoms with van der Waals surface area (Å²) in [4.78, 5) is 25.5. The number of carbonyl (C=O) groups is 2. The topological polar surface area (TPSA) is 88.9 Å². The van der Waals surface area contributed by atoms with Gasteiger partial charge in [-0.3, -0.25) is 9.59 Å². The van der Waals surface area contributed by atoms with Gasteiger partial charge in [0.15, 0.2) is 11.0 Å². The van der Waals surface area contributed by atoms with Gasteiger partial charge in [0.1, 0.15) is 5.82 Å². The quantitative estimate of drug-likeness (QED) is 0.288. The lowest BCUT2D eigenvalue weighted by atomic mass is 10.0. The Hall–Kier alpha value is -2.62. The van der Waals surface area contributed by atoms with Gasteiger partial charge in [0, 0.05) is 17.3 Å². The van der Waals surface area contributed by atoms with Crippen LogP contribution in [0.2, 0.25) is 10.0 Å². The summed E-state index contributed by atoms with van der Waals surface area (Å²) in [6.07, 6.45) is 0.624. The van der Waals surface area contributed by atoms with Crippen molar-refractivity contribution in [3.63, 3.8) is 0 Å². The molecular weight excluding hydrogens is 524 g/mol. The van der Waals surface area contributed by atoms with Crippen molar-refractivity contribution >= 4 is 52.5 Å². The molecule has 0 saturated carbocycles. The number of hydrogen-bond acceptors (Lipinski definition) is 5. The Labute approximate surface area is 224 Å². The molecule has 0 saturated heterocycles. The molecule has 192 valence electrons. The van der Waals surface area contributed by atoms with Gasteiger partial charge in [-0.2, -0.15) is 0 Å². The van der Waals surface area contributed by atoms with Crippen LogP contribution in [0.4, 0.5) is 10.1 Å². The predicted octanol–water partition coefficient (Wildman–Crippen LogP) is 6.30. The number of rotatable bonds is 10. The van der Waals surface area contributed by atoms with Crippen molar-refractivity contribution in [1.29, 1.82) is 0 Å². The van der Waals surface area contributed by atoms with E-state index in [-0.39, 0.29) is 28.5 Å². The molecule has 0 radical (unpaired) electrons. The van der Waals surface area contributed by atoms with Crippen molar-refractivity contribution in [2.75, 3.05) is 11.1 Å². The summed E-state index contributed by atoms with van der Waals surface area (Å²) in [6.45, 7) is 8.38. The summed E-state index contributed by atoms with van der Waals surface area (Å²) in [5, 5.41) is 15.6. The number of carbonyl (C=O) groups excluding carboxylic acids is 2. The van der Waals surface area contributed by atoms with Crippen LogP contribution in [0.25, 0.3) is 0 Å². The monoisotopic (exact) mass is 551 g/mol. The number of aromatic nitrogens is 3. The van der Waals surface area contributed by atoms with E-state index in [0.717, 1.165) is 5.56 Å². The van der Waals surface area contributed by atoms with E-state index in [1.165, 1.54) is 30.0 Å². The Morgan fingerprint density at radius 1 is 1.14 bits per heavy atom. The van der Waals surface area contributed by atoms with E-state index >= 15 is 0 Å². The predicted molar refractivity (Wildman–Crippen MR) is 142 cm³/mol. The molecule has 0 fully saturated rings. The zero-order chi connectivity index (χ0) is 26.4. The molecule has 0 aliphatic carbocycles. The molecule has 0 spiro atoms. The number of nitrogens with zero attached hydrogens (tertiary/aromatic N) is 3. The molecule has 1 aromatic heterocycles. The molecule has 0 aliphatic heterocycles. The van der Waals surface area contributed by atoms with Crippen LogP contribution in [0.1, 0.15) is 55.0 Å². The summed E-state index contributed by atoms with van der Waals surface area (Å²) < 4.78 is 15.4. The van der Waals surface area contributed by atoms with Crippen LogP contribution in [0.5, 0.6) is 0 Å². The Morgan fingerprint density at radius 3 is 2.56 bits per heavy atom. The first-order valence-electron chi connectivity index (χ1n) is 11.5. The van der Waals surface area contributed by atoms with Gasteiger partial charge in [0.05, 0.1) is 22.4 Å². The molecular formula is C25H28Cl2FN5O2S. The highest BCUT2D eigenvalue weighted by atomic mass is 35.5. The molecule has 1 atom stereocenters. The summed E-state index contributed by atoms with van der Waals surface area (Å²) >= 11 is 13.4. The average molecular weight is 553 g/mol. The number of benzene rings is 2. The third-order valence-corrected chi connectivity index (χ3v) is 6.88. The lowest BCUT2D eigenvalue weighted by Gasteiger charge is -2.21. The Bertz CT molecular complexity index is 1250. The first kappa shape index (κ1) is 28.0. The maximum atomic E-state index is 13.5. The second kappa shape index (κ2) is 12.6. The maximum Gasteiger partial charge on any atom is 0.253 e. The Kier molecular flexibility index (Phi) is 9.76. The summed E-state index contributed by atoms with van der Waals surface area (Å²) in [6, 6.07) is 8.54. The number of aryl methyl sites for hydroxylation is 1. The average Bonchev–Trinajstić information content (AvgIpc) is 3.22. The van der Waals surface area contributed by atoms with Gasteiger partial charge in [0.2, 0.25) is 5.91 Å². The number of amides is 2. The molecule has 11 heteroatoms. The molecule has 0 bridgehead atoms. The maximum absolute atomic E-state index is 13.5. The number of anilines is 1. The number of halogens is 3. The van der Waals surface area contributed by atoms with E-state index in [2.05, 4.69) is 34.7 Å². The van der Waals surface area contributed by atoms with E-state index in [1.54, 1.807) is 25.1 Å². The molecule has 2 N–H and O–H groups in total. The van der Waals surface area contributed by atoms with Gasteiger partial charge in [0.25, 0.3) is 5.91 Å². The van der Waals surface area contributed by atoms with Crippen molar-refractivity contribution in [2.45, 2.75) is 51.9 Å². The van der Waals surface area contributed by atoms with Crippen LogP contribution in [0, 0.1) is 18.7 Å². The molecule has 2 amide bonds. The van der Waals surface area contributed by atoms with Crippen molar-refractivity contribution < 1.29 is 14.0 Å². The Balaban J connectivity index is 1.76. The van der Waals surface area contributed by atoms with Crippen molar-refractivity contribution in [3.8, 4) is 0 Å². The van der Waals surface area contributed by atoms with Gasteiger partial charge in [-0.05, 0) is 62.1 Å². The SMILES string of the molecule is CCn1c(SCC(=O)Nc2cc(F)ccc2C)nnc1[C@@H](CC(C)C)NC(=O)c1ccc(Cl)cc1Cl. The molecule has 36 heavy (non-hydrogen) atoms. The van der Waals surface area contributed by atoms with Crippen LogP contribution in [-0.2, 0) is 11.3 Å². The van der Waals surface area contributed by atoms with E-state index < -0.39 is 11.9 Å².